The lowest BCUT2D eigenvalue weighted by molar-refractivity contribution is -0.118. The maximum atomic E-state index is 12.2. The summed E-state index contributed by atoms with van der Waals surface area (Å²) in [5.74, 6) is -0.173. The van der Waals surface area contributed by atoms with Crippen LogP contribution >= 0.6 is 11.6 Å². The number of rotatable bonds is 4. The minimum atomic E-state index is -0.448. The van der Waals surface area contributed by atoms with Gasteiger partial charge < -0.3 is 5.32 Å². The number of nitrogens with one attached hydrogen (secondary N) is 1. The lowest BCUT2D eigenvalue weighted by atomic mass is 9.94. The SMILES string of the molecule is Cc1nn(C)c(Cl)c1/C=C/C(=O)NC(C)(C)c1ccccc1. The van der Waals surface area contributed by atoms with E-state index in [1.807, 2.05) is 51.1 Å². The Labute approximate surface area is 135 Å². The van der Waals surface area contributed by atoms with E-state index in [9.17, 15) is 4.79 Å². The summed E-state index contributed by atoms with van der Waals surface area (Å²) in [5, 5.41) is 7.72. The number of halogens is 1. The van der Waals surface area contributed by atoms with Crippen molar-refractivity contribution in [1.29, 1.82) is 0 Å². The summed E-state index contributed by atoms with van der Waals surface area (Å²) in [6.45, 7) is 5.80. The van der Waals surface area contributed by atoms with Crippen LogP contribution in [0.25, 0.3) is 6.08 Å². The number of aryl methyl sites for hydroxylation is 2. The molecule has 0 atom stereocenters. The lowest BCUT2D eigenvalue weighted by Crippen LogP contribution is -2.40. The lowest BCUT2D eigenvalue weighted by Gasteiger charge is -2.26. The summed E-state index contributed by atoms with van der Waals surface area (Å²) in [7, 11) is 1.77. The van der Waals surface area contributed by atoms with Crippen LogP contribution in [0.5, 0.6) is 0 Å². The number of carbonyl (C=O) groups excluding carboxylic acids is 1. The Bertz CT molecular complexity index is 702. The first kappa shape index (κ1) is 16.3. The van der Waals surface area contributed by atoms with Crippen LogP contribution in [-0.4, -0.2) is 15.7 Å². The Morgan fingerprint density at radius 3 is 2.50 bits per heavy atom. The van der Waals surface area contributed by atoms with Gasteiger partial charge in [0.2, 0.25) is 5.91 Å². The molecule has 1 N–H and O–H groups in total. The van der Waals surface area contributed by atoms with Crippen LogP contribution in [0.2, 0.25) is 5.15 Å². The number of aromatic nitrogens is 2. The van der Waals surface area contributed by atoms with Gasteiger partial charge in [0, 0.05) is 18.7 Å². The van der Waals surface area contributed by atoms with E-state index in [1.54, 1.807) is 17.8 Å². The van der Waals surface area contributed by atoms with Gasteiger partial charge in [0.15, 0.2) is 0 Å². The van der Waals surface area contributed by atoms with Crippen molar-refractivity contribution in [2.45, 2.75) is 26.3 Å². The molecule has 1 aromatic heterocycles. The van der Waals surface area contributed by atoms with Crippen molar-refractivity contribution in [2.75, 3.05) is 0 Å². The maximum absolute atomic E-state index is 12.2. The maximum Gasteiger partial charge on any atom is 0.244 e. The predicted octanol–water partition coefficient (Wildman–Crippen LogP) is 3.45. The van der Waals surface area contributed by atoms with Gasteiger partial charge in [-0.3, -0.25) is 9.48 Å². The van der Waals surface area contributed by atoms with Crippen LogP contribution in [0.4, 0.5) is 0 Å². The number of benzene rings is 1. The molecule has 0 spiro atoms. The third-order valence-corrected chi connectivity index (χ3v) is 3.98. The van der Waals surface area contributed by atoms with Crippen LogP contribution in [0, 0.1) is 6.92 Å². The molecule has 0 aliphatic carbocycles. The molecule has 2 rings (SSSR count). The summed E-state index contributed by atoms with van der Waals surface area (Å²) in [4.78, 5) is 12.2. The largest absolute Gasteiger partial charge is 0.344 e. The number of amides is 1. The Morgan fingerprint density at radius 2 is 1.95 bits per heavy atom. The summed E-state index contributed by atoms with van der Waals surface area (Å²) in [5.41, 5.74) is 2.15. The zero-order chi connectivity index (χ0) is 16.3. The van der Waals surface area contributed by atoms with Crippen molar-refractivity contribution in [3.63, 3.8) is 0 Å². The second kappa shape index (κ2) is 6.36. The molecule has 1 amide bonds. The topological polar surface area (TPSA) is 46.9 Å². The van der Waals surface area contributed by atoms with E-state index in [4.69, 9.17) is 11.6 Å². The fourth-order valence-electron chi connectivity index (χ4n) is 2.27. The summed E-state index contributed by atoms with van der Waals surface area (Å²) >= 11 is 6.14. The first-order valence-electron chi connectivity index (χ1n) is 7.06. The van der Waals surface area contributed by atoms with Crippen molar-refractivity contribution in [3.05, 3.63) is 58.4 Å². The molecule has 2 aromatic rings. The highest BCUT2D eigenvalue weighted by molar-refractivity contribution is 6.31. The zero-order valence-electron chi connectivity index (χ0n) is 13.2. The van der Waals surface area contributed by atoms with E-state index in [-0.39, 0.29) is 5.91 Å². The number of carbonyl (C=O) groups is 1. The summed E-state index contributed by atoms with van der Waals surface area (Å²) in [6.07, 6.45) is 3.18. The van der Waals surface area contributed by atoms with Crippen molar-refractivity contribution in [1.82, 2.24) is 15.1 Å². The smallest absolute Gasteiger partial charge is 0.244 e. The zero-order valence-corrected chi connectivity index (χ0v) is 14.0. The van der Waals surface area contributed by atoms with Gasteiger partial charge >= 0.3 is 0 Å². The van der Waals surface area contributed by atoms with E-state index < -0.39 is 5.54 Å². The van der Waals surface area contributed by atoms with Crippen LogP contribution in [0.3, 0.4) is 0 Å². The van der Waals surface area contributed by atoms with E-state index in [1.165, 1.54) is 6.08 Å². The molecule has 0 unspecified atom stereocenters. The predicted molar refractivity (Wildman–Crippen MR) is 89.6 cm³/mol. The van der Waals surface area contributed by atoms with E-state index in [2.05, 4.69) is 10.4 Å². The average Bonchev–Trinajstić information content (AvgIpc) is 2.71. The van der Waals surface area contributed by atoms with Crippen LogP contribution in [-0.2, 0) is 17.4 Å². The fourth-order valence-corrected chi connectivity index (χ4v) is 2.51. The molecule has 0 saturated carbocycles. The molecule has 0 saturated heterocycles. The van der Waals surface area contributed by atoms with Crippen molar-refractivity contribution in [3.8, 4) is 0 Å². The van der Waals surface area contributed by atoms with Gasteiger partial charge in [0.25, 0.3) is 0 Å². The van der Waals surface area contributed by atoms with Gasteiger partial charge in [0.1, 0.15) is 5.15 Å². The Balaban J connectivity index is 2.11. The van der Waals surface area contributed by atoms with Crippen molar-refractivity contribution < 1.29 is 4.79 Å². The molecular weight excluding hydrogens is 298 g/mol. The molecule has 0 aliphatic heterocycles. The Hall–Kier alpha value is -2.07. The molecule has 1 heterocycles. The van der Waals surface area contributed by atoms with E-state index in [0.717, 1.165) is 16.8 Å². The molecule has 22 heavy (non-hydrogen) atoms. The van der Waals surface area contributed by atoms with Gasteiger partial charge in [0.05, 0.1) is 11.2 Å². The summed E-state index contributed by atoms with van der Waals surface area (Å²) in [6, 6.07) is 9.85. The Kier molecular flexibility index (Phi) is 4.71. The summed E-state index contributed by atoms with van der Waals surface area (Å²) < 4.78 is 1.59. The standard InChI is InChI=1S/C17H20ClN3O/c1-12-14(16(18)21(4)20-12)10-11-15(22)19-17(2,3)13-8-6-5-7-9-13/h5-11H,1-4H3,(H,19,22)/b11-10+. The second-order valence-electron chi connectivity index (χ2n) is 5.73. The number of hydrogen-bond acceptors (Lipinski definition) is 2. The molecule has 0 radical (unpaired) electrons. The molecule has 0 fully saturated rings. The first-order chi connectivity index (χ1) is 10.3. The molecule has 5 heteroatoms. The third kappa shape index (κ3) is 3.57. The van der Waals surface area contributed by atoms with Crippen LogP contribution in [0.15, 0.2) is 36.4 Å². The third-order valence-electron chi connectivity index (χ3n) is 3.53. The molecule has 4 nitrogen and oxygen atoms in total. The minimum Gasteiger partial charge on any atom is -0.344 e. The number of nitrogens with zero attached hydrogens (tertiary/aromatic N) is 2. The molecule has 116 valence electrons. The van der Waals surface area contributed by atoms with Gasteiger partial charge in [-0.2, -0.15) is 5.10 Å². The molecular formula is C17H20ClN3O. The van der Waals surface area contributed by atoms with Crippen LogP contribution < -0.4 is 5.32 Å². The second-order valence-corrected chi connectivity index (χ2v) is 6.09. The monoisotopic (exact) mass is 317 g/mol. The molecule has 0 aliphatic rings. The van der Waals surface area contributed by atoms with Gasteiger partial charge in [-0.15, -0.1) is 0 Å². The highest BCUT2D eigenvalue weighted by Crippen LogP contribution is 2.21. The average molecular weight is 318 g/mol. The van der Waals surface area contributed by atoms with Crippen molar-refractivity contribution in [2.24, 2.45) is 7.05 Å². The Morgan fingerprint density at radius 1 is 1.32 bits per heavy atom. The highest BCUT2D eigenvalue weighted by Gasteiger charge is 2.21. The fraction of sp³-hybridized carbons (Fsp3) is 0.294. The molecule has 1 aromatic carbocycles. The van der Waals surface area contributed by atoms with E-state index >= 15 is 0 Å². The van der Waals surface area contributed by atoms with Gasteiger partial charge in [-0.1, -0.05) is 41.9 Å². The normalized spacial score (nSPS) is 11.9. The van der Waals surface area contributed by atoms with Crippen molar-refractivity contribution >= 4 is 23.6 Å². The number of hydrogen-bond donors (Lipinski definition) is 1. The quantitative estimate of drug-likeness (QED) is 0.878. The van der Waals surface area contributed by atoms with Gasteiger partial charge in [-0.25, -0.2) is 0 Å². The van der Waals surface area contributed by atoms with Crippen LogP contribution in [0.1, 0.15) is 30.7 Å². The first-order valence-corrected chi connectivity index (χ1v) is 7.44. The van der Waals surface area contributed by atoms with E-state index in [0.29, 0.717) is 5.15 Å². The molecule has 0 bridgehead atoms. The highest BCUT2D eigenvalue weighted by atomic mass is 35.5. The minimum absolute atomic E-state index is 0.173. The van der Waals surface area contributed by atoms with Gasteiger partial charge in [-0.05, 0) is 32.4 Å².